The van der Waals surface area contributed by atoms with Crippen LogP contribution < -0.4 is 10.1 Å². The first kappa shape index (κ1) is 23.8. The van der Waals surface area contributed by atoms with Crippen molar-refractivity contribution in [3.63, 3.8) is 0 Å². The van der Waals surface area contributed by atoms with Gasteiger partial charge in [0.2, 0.25) is 0 Å². The quantitative estimate of drug-likeness (QED) is 0.459. The number of alkyl halides is 6. The van der Waals surface area contributed by atoms with Gasteiger partial charge in [0.05, 0.1) is 16.8 Å². The SMILES string of the molecule is Cc1cccc(Br)c1NC(=O)OC(C)COc1cc(C(F)(F)F)cc(C(F)(F)F)c1. The third-order valence-corrected chi connectivity index (χ3v) is 4.46. The number of carbonyl (C=O) groups is 1. The second kappa shape index (κ2) is 9.15. The third kappa shape index (κ3) is 6.54. The number of rotatable bonds is 5. The third-order valence-electron chi connectivity index (χ3n) is 3.80. The summed E-state index contributed by atoms with van der Waals surface area (Å²) in [6.07, 6.45) is -11.8. The van der Waals surface area contributed by atoms with Gasteiger partial charge in [0.25, 0.3) is 0 Å². The maximum Gasteiger partial charge on any atom is 0.416 e. The molecule has 1 atom stereocenters. The average molecular weight is 500 g/mol. The molecule has 1 amide bonds. The number of halogens is 7. The van der Waals surface area contributed by atoms with Gasteiger partial charge in [-0.05, 0) is 59.6 Å². The molecule has 0 spiro atoms. The first-order chi connectivity index (χ1) is 13.8. The molecule has 4 nitrogen and oxygen atoms in total. The van der Waals surface area contributed by atoms with Gasteiger partial charge in [-0.1, -0.05) is 12.1 Å². The Kier molecular flexibility index (Phi) is 7.27. The highest BCUT2D eigenvalue weighted by Gasteiger charge is 2.37. The molecule has 0 saturated carbocycles. The summed E-state index contributed by atoms with van der Waals surface area (Å²) in [6.45, 7) is 2.67. The number of aryl methyl sites for hydroxylation is 1. The van der Waals surface area contributed by atoms with Crippen molar-refractivity contribution >= 4 is 27.7 Å². The highest BCUT2D eigenvalue weighted by Crippen LogP contribution is 2.38. The van der Waals surface area contributed by atoms with Gasteiger partial charge >= 0.3 is 18.4 Å². The van der Waals surface area contributed by atoms with E-state index < -0.39 is 48.0 Å². The van der Waals surface area contributed by atoms with E-state index in [0.29, 0.717) is 22.3 Å². The van der Waals surface area contributed by atoms with Crippen LogP contribution in [0.5, 0.6) is 5.75 Å². The van der Waals surface area contributed by atoms with E-state index in [-0.39, 0.29) is 6.07 Å². The second-order valence-electron chi connectivity index (χ2n) is 6.33. The number of hydrogen-bond acceptors (Lipinski definition) is 3. The molecule has 2 aromatic rings. The van der Waals surface area contributed by atoms with Crippen LogP contribution in [0.4, 0.5) is 36.8 Å². The van der Waals surface area contributed by atoms with E-state index in [1.165, 1.54) is 6.92 Å². The summed E-state index contributed by atoms with van der Waals surface area (Å²) < 4.78 is 87.9. The summed E-state index contributed by atoms with van der Waals surface area (Å²) in [4.78, 5) is 12.0. The number of benzene rings is 2. The van der Waals surface area contributed by atoms with Gasteiger partial charge in [-0.3, -0.25) is 5.32 Å². The zero-order valence-corrected chi connectivity index (χ0v) is 17.2. The van der Waals surface area contributed by atoms with E-state index >= 15 is 0 Å². The number of carbonyl (C=O) groups excluding carboxylic acids is 1. The van der Waals surface area contributed by atoms with Crippen molar-refractivity contribution in [2.24, 2.45) is 0 Å². The van der Waals surface area contributed by atoms with Crippen LogP contribution in [-0.4, -0.2) is 18.8 Å². The number of para-hydroxylation sites is 1. The Balaban J connectivity index is 2.05. The van der Waals surface area contributed by atoms with Crippen LogP contribution in [0.1, 0.15) is 23.6 Å². The minimum absolute atomic E-state index is 0.000285. The van der Waals surface area contributed by atoms with E-state index in [1.807, 2.05) is 0 Å². The van der Waals surface area contributed by atoms with Crippen LogP contribution in [0.2, 0.25) is 0 Å². The summed E-state index contributed by atoms with van der Waals surface area (Å²) in [7, 11) is 0. The molecular weight excluding hydrogens is 484 g/mol. The molecule has 11 heteroatoms. The van der Waals surface area contributed by atoms with Gasteiger partial charge in [-0.15, -0.1) is 0 Å². The number of anilines is 1. The first-order valence-corrected chi connectivity index (χ1v) is 9.21. The normalized spacial score (nSPS) is 13.0. The fraction of sp³-hybridized carbons (Fsp3) is 0.316. The maximum absolute atomic E-state index is 12.9. The molecule has 0 fully saturated rings. The highest BCUT2D eigenvalue weighted by atomic mass is 79.9. The topological polar surface area (TPSA) is 47.6 Å². The lowest BCUT2D eigenvalue weighted by Crippen LogP contribution is -2.25. The minimum Gasteiger partial charge on any atom is -0.490 e. The molecule has 0 aromatic heterocycles. The molecule has 30 heavy (non-hydrogen) atoms. The fourth-order valence-corrected chi connectivity index (χ4v) is 2.93. The fourth-order valence-electron chi connectivity index (χ4n) is 2.36. The summed E-state index contributed by atoms with van der Waals surface area (Å²) in [5.41, 5.74) is -1.79. The Morgan fingerprint density at radius 1 is 1.07 bits per heavy atom. The van der Waals surface area contributed by atoms with Crippen molar-refractivity contribution < 1.29 is 40.6 Å². The average Bonchev–Trinajstić information content (AvgIpc) is 2.61. The molecule has 164 valence electrons. The molecular formula is C19H16BrF6NO3. The van der Waals surface area contributed by atoms with Crippen LogP contribution >= 0.6 is 15.9 Å². The largest absolute Gasteiger partial charge is 0.490 e. The van der Waals surface area contributed by atoms with Crippen molar-refractivity contribution in [2.75, 3.05) is 11.9 Å². The van der Waals surface area contributed by atoms with Crippen molar-refractivity contribution in [1.29, 1.82) is 0 Å². The van der Waals surface area contributed by atoms with Gasteiger partial charge in [-0.25, -0.2) is 4.79 Å². The zero-order chi connectivity index (χ0) is 22.7. The molecule has 0 saturated heterocycles. The molecule has 2 rings (SSSR count). The van der Waals surface area contributed by atoms with Crippen LogP contribution in [0.25, 0.3) is 0 Å². The Hall–Kier alpha value is -2.43. The summed E-state index contributed by atoms with van der Waals surface area (Å²) in [6, 6.07) is 6.11. The molecule has 2 aromatic carbocycles. The number of nitrogens with one attached hydrogen (secondary N) is 1. The monoisotopic (exact) mass is 499 g/mol. The number of hydrogen-bond donors (Lipinski definition) is 1. The molecule has 0 aliphatic rings. The predicted molar refractivity (Wildman–Crippen MR) is 100 cm³/mol. The zero-order valence-electron chi connectivity index (χ0n) is 15.6. The smallest absolute Gasteiger partial charge is 0.416 e. The van der Waals surface area contributed by atoms with Gasteiger partial charge in [0, 0.05) is 4.47 Å². The van der Waals surface area contributed by atoms with Crippen molar-refractivity contribution in [1.82, 2.24) is 0 Å². The van der Waals surface area contributed by atoms with Crippen molar-refractivity contribution in [3.8, 4) is 5.75 Å². The Morgan fingerprint density at radius 3 is 2.13 bits per heavy atom. The molecule has 1 unspecified atom stereocenters. The molecule has 0 heterocycles. The number of ether oxygens (including phenoxy) is 2. The molecule has 0 bridgehead atoms. The van der Waals surface area contributed by atoms with Crippen molar-refractivity contribution in [3.05, 3.63) is 57.6 Å². The van der Waals surface area contributed by atoms with Gasteiger partial charge < -0.3 is 9.47 Å². The Labute approximate surface area is 176 Å². The van der Waals surface area contributed by atoms with Crippen LogP contribution in [0, 0.1) is 6.92 Å². The van der Waals surface area contributed by atoms with Crippen LogP contribution in [-0.2, 0) is 17.1 Å². The van der Waals surface area contributed by atoms with Crippen LogP contribution in [0.15, 0.2) is 40.9 Å². The molecule has 0 aliphatic heterocycles. The van der Waals surface area contributed by atoms with E-state index in [4.69, 9.17) is 9.47 Å². The van der Waals surface area contributed by atoms with Crippen LogP contribution in [0.3, 0.4) is 0 Å². The predicted octanol–water partition coefficient (Wildman–Crippen LogP) is 6.81. The van der Waals surface area contributed by atoms with Gasteiger partial charge in [0.1, 0.15) is 18.5 Å². The molecule has 0 radical (unpaired) electrons. The Morgan fingerprint density at radius 2 is 1.63 bits per heavy atom. The molecule has 0 aliphatic carbocycles. The maximum atomic E-state index is 12.9. The lowest BCUT2D eigenvalue weighted by atomic mass is 10.1. The first-order valence-electron chi connectivity index (χ1n) is 8.42. The van der Waals surface area contributed by atoms with Crippen molar-refractivity contribution in [2.45, 2.75) is 32.3 Å². The van der Waals surface area contributed by atoms with E-state index in [0.717, 1.165) is 5.56 Å². The summed E-state index contributed by atoms with van der Waals surface area (Å²) in [5.74, 6) is -0.644. The summed E-state index contributed by atoms with van der Waals surface area (Å²) in [5, 5.41) is 2.50. The second-order valence-corrected chi connectivity index (χ2v) is 7.18. The van der Waals surface area contributed by atoms with E-state index in [1.54, 1.807) is 25.1 Å². The van der Waals surface area contributed by atoms with E-state index in [9.17, 15) is 31.1 Å². The Bertz CT molecular complexity index is 862. The van der Waals surface area contributed by atoms with Gasteiger partial charge in [-0.2, -0.15) is 26.3 Å². The van der Waals surface area contributed by atoms with E-state index in [2.05, 4.69) is 21.2 Å². The lowest BCUT2D eigenvalue weighted by Gasteiger charge is -2.18. The minimum atomic E-state index is -4.98. The summed E-state index contributed by atoms with van der Waals surface area (Å²) >= 11 is 3.27. The highest BCUT2D eigenvalue weighted by molar-refractivity contribution is 9.10. The standard InChI is InChI=1S/C19H16BrF6NO3/c1-10-4-3-5-15(20)16(10)27-17(28)30-11(2)9-29-14-7-12(18(21,22)23)6-13(8-14)19(24,25)26/h3-8,11H,9H2,1-2H3,(H,27,28). The van der Waals surface area contributed by atoms with Gasteiger partial charge in [0.15, 0.2) is 0 Å². The lowest BCUT2D eigenvalue weighted by molar-refractivity contribution is -0.143. The number of amides is 1. The molecule has 1 N–H and O–H groups in total.